The van der Waals surface area contributed by atoms with Crippen LogP contribution in [-0.4, -0.2) is 15.5 Å². The lowest BCUT2D eigenvalue weighted by molar-refractivity contribution is 0.414. The first kappa shape index (κ1) is 18.4. The number of rotatable bonds is 5. The predicted molar refractivity (Wildman–Crippen MR) is 100 cm³/mol. The lowest BCUT2D eigenvalue weighted by Gasteiger charge is -2.13. The molecule has 0 aliphatic carbocycles. The molecule has 0 spiro atoms. The maximum Gasteiger partial charge on any atom is 0.261 e. The van der Waals surface area contributed by atoms with Crippen LogP contribution >= 0.6 is 0 Å². The molecule has 0 aliphatic rings. The number of nitrogens with zero attached hydrogens (tertiary/aromatic N) is 1. The summed E-state index contributed by atoms with van der Waals surface area (Å²) in [5.41, 5.74) is 1.19. The number of sulfonamides is 1. The van der Waals surface area contributed by atoms with Gasteiger partial charge in [0.05, 0.1) is 23.3 Å². The quantitative estimate of drug-likeness (QED) is 0.718. The predicted octanol–water partition coefficient (Wildman–Crippen LogP) is 4.17. The van der Waals surface area contributed by atoms with Gasteiger partial charge in [0, 0.05) is 5.56 Å². The van der Waals surface area contributed by atoms with E-state index in [-0.39, 0.29) is 10.5 Å². The molecule has 3 aromatic rings. The fourth-order valence-corrected chi connectivity index (χ4v) is 3.64. The van der Waals surface area contributed by atoms with Crippen LogP contribution in [0.25, 0.3) is 11.1 Å². The summed E-state index contributed by atoms with van der Waals surface area (Å²) in [7, 11) is -2.35. The molecular weight excluding hydrogens is 367 g/mol. The number of hydrogen-bond donors (Lipinski definition) is 1. The molecule has 5 nitrogen and oxygen atoms in total. The van der Waals surface area contributed by atoms with E-state index in [1.165, 1.54) is 31.4 Å². The highest BCUT2D eigenvalue weighted by molar-refractivity contribution is 7.92. The standard InChI is InChI=1S/C20H15FN2O3S/c1-26-16-8-10-17(11-9-16)27(24,25)23-20-5-3-2-4-18(20)14-6-7-15(13-22)19(21)12-14/h2-12,23H,1H3. The fourth-order valence-electron chi connectivity index (χ4n) is 2.56. The maximum atomic E-state index is 14.0. The van der Waals surface area contributed by atoms with Crippen LogP contribution in [0, 0.1) is 17.1 Å². The normalized spacial score (nSPS) is 10.9. The first-order chi connectivity index (χ1) is 12.9. The topological polar surface area (TPSA) is 79.2 Å². The van der Waals surface area contributed by atoms with E-state index in [1.54, 1.807) is 48.5 Å². The van der Waals surface area contributed by atoms with Crippen LogP contribution < -0.4 is 9.46 Å². The summed E-state index contributed by atoms with van der Waals surface area (Å²) in [4.78, 5) is 0.0733. The van der Waals surface area contributed by atoms with E-state index in [2.05, 4.69) is 4.72 Å². The van der Waals surface area contributed by atoms with Crippen molar-refractivity contribution in [3.63, 3.8) is 0 Å². The van der Waals surface area contributed by atoms with Gasteiger partial charge in [-0.15, -0.1) is 0 Å². The number of ether oxygens (including phenoxy) is 1. The van der Waals surface area contributed by atoms with Crippen LogP contribution in [0.15, 0.2) is 71.6 Å². The van der Waals surface area contributed by atoms with Crippen LogP contribution in [0.4, 0.5) is 10.1 Å². The zero-order valence-corrected chi connectivity index (χ0v) is 15.1. The third-order valence-corrected chi connectivity index (χ3v) is 5.32. The molecule has 136 valence electrons. The van der Waals surface area contributed by atoms with Crippen molar-refractivity contribution in [2.75, 3.05) is 11.8 Å². The Labute approximate surface area is 156 Å². The molecular formula is C20H15FN2O3S. The number of benzene rings is 3. The number of para-hydroxylation sites is 1. The maximum absolute atomic E-state index is 14.0. The van der Waals surface area contributed by atoms with E-state index in [4.69, 9.17) is 10.00 Å². The molecule has 0 amide bonds. The molecule has 0 radical (unpaired) electrons. The molecule has 27 heavy (non-hydrogen) atoms. The van der Waals surface area contributed by atoms with E-state index in [9.17, 15) is 12.8 Å². The summed E-state index contributed by atoms with van der Waals surface area (Å²) in [6.45, 7) is 0. The third-order valence-electron chi connectivity index (χ3n) is 3.94. The zero-order valence-electron chi connectivity index (χ0n) is 14.3. The van der Waals surface area contributed by atoms with Crippen molar-refractivity contribution in [3.05, 3.63) is 78.1 Å². The van der Waals surface area contributed by atoms with Crippen molar-refractivity contribution in [1.29, 1.82) is 5.26 Å². The Morgan fingerprint density at radius 2 is 1.74 bits per heavy atom. The molecule has 0 saturated carbocycles. The van der Waals surface area contributed by atoms with Crippen molar-refractivity contribution in [3.8, 4) is 22.9 Å². The van der Waals surface area contributed by atoms with Crippen LogP contribution in [0.2, 0.25) is 0 Å². The summed E-state index contributed by atoms with van der Waals surface area (Å²) in [6, 6.07) is 18.5. The molecule has 7 heteroatoms. The van der Waals surface area contributed by atoms with Crippen molar-refractivity contribution in [2.24, 2.45) is 0 Å². The highest BCUT2D eigenvalue weighted by Crippen LogP contribution is 2.31. The van der Waals surface area contributed by atoms with Crippen molar-refractivity contribution >= 4 is 15.7 Å². The zero-order chi connectivity index (χ0) is 19.4. The second kappa shape index (κ2) is 7.48. The summed E-state index contributed by atoms with van der Waals surface area (Å²) in [5.74, 6) is -0.120. The van der Waals surface area contributed by atoms with Crippen molar-refractivity contribution in [2.45, 2.75) is 4.90 Å². The molecule has 0 fully saturated rings. The van der Waals surface area contributed by atoms with Gasteiger partial charge in [-0.1, -0.05) is 24.3 Å². The van der Waals surface area contributed by atoms with Gasteiger partial charge in [0.25, 0.3) is 10.0 Å². The van der Waals surface area contributed by atoms with Gasteiger partial charge in [0.2, 0.25) is 0 Å². The minimum atomic E-state index is -3.84. The van der Waals surface area contributed by atoms with E-state index < -0.39 is 15.8 Å². The highest BCUT2D eigenvalue weighted by atomic mass is 32.2. The van der Waals surface area contributed by atoms with E-state index in [0.29, 0.717) is 22.6 Å². The first-order valence-corrected chi connectivity index (χ1v) is 9.39. The minimum absolute atomic E-state index is 0.0733. The van der Waals surface area contributed by atoms with Gasteiger partial charge < -0.3 is 4.74 Å². The summed E-state index contributed by atoms with van der Waals surface area (Å²) < 4.78 is 46.9. The van der Waals surface area contributed by atoms with Crippen molar-refractivity contribution < 1.29 is 17.5 Å². The van der Waals surface area contributed by atoms with Crippen LogP contribution in [0.1, 0.15) is 5.56 Å². The SMILES string of the molecule is COc1ccc(S(=O)(=O)Nc2ccccc2-c2ccc(C#N)c(F)c2)cc1. The number of anilines is 1. The molecule has 3 aromatic carbocycles. The lowest BCUT2D eigenvalue weighted by Crippen LogP contribution is -2.13. The Morgan fingerprint density at radius 1 is 1.04 bits per heavy atom. The molecule has 0 aromatic heterocycles. The van der Waals surface area contributed by atoms with E-state index in [0.717, 1.165) is 0 Å². The number of methoxy groups -OCH3 is 1. The Morgan fingerprint density at radius 3 is 2.37 bits per heavy atom. The Bertz CT molecular complexity index is 1120. The molecule has 0 aliphatic heterocycles. The Kier molecular flexibility index (Phi) is 5.10. The first-order valence-electron chi connectivity index (χ1n) is 7.90. The molecule has 0 heterocycles. The molecule has 1 N–H and O–H groups in total. The smallest absolute Gasteiger partial charge is 0.261 e. The third kappa shape index (κ3) is 3.91. The van der Waals surface area contributed by atoms with Gasteiger partial charge in [-0.3, -0.25) is 4.72 Å². The van der Waals surface area contributed by atoms with Crippen LogP contribution in [-0.2, 0) is 10.0 Å². The van der Waals surface area contributed by atoms with Gasteiger partial charge in [-0.05, 0) is 48.0 Å². The van der Waals surface area contributed by atoms with E-state index in [1.807, 2.05) is 0 Å². The number of nitriles is 1. The number of hydrogen-bond acceptors (Lipinski definition) is 4. The van der Waals surface area contributed by atoms with Crippen LogP contribution in [0.3, 0.4) is 0 Å². The van der Waals surface area contributed by atoms with Gasteiger partial charge in [0.1, 0.15) is 17.6 Å². The molecule has 0 unspecified atom stereocenters. The summed E-state index contributed by atoms with van der Waals surface area (Å²) in [6.07, 6.45) is 0. The second-order valence-corrected chi connectivity index (χ2v) is 7.32. The number of halogens is 1. The fraction of sp³-hybridized carbons (Fsp3) is 0.0500. The highest BCUT2D eigenvalue weighted by Gasteiger charge is 2.17. The van der Waals surface area contributed by atoms with Gasteiger partial charge >= 0.3 is 0 Å². The minimum Gasteiger partial charge on any atom is -0.497 e. The number of nitrogens with one attached hydrogen (secondary N) is 1. The summed E-state index contributed by atoms with van der Waals surface area (Å²) in [5, 5.41) is 8.86. The van der Waals surface area contributed by atoms with Gasteiger partial charge in [-0.25, -0.2) is 12.8 Å². The molecule has 0 atom stereocenters. The average molecular weight is 382 g/mol. The van der Waals surface area contributed by atoms with Gasteiger partial charge in [-0.2, -0.15) is 5.26 Å². The second-order valence-electron chi connectivity index (χ2n) is 5.63. The molecule has 3 rings (SSSR count). The van der Waals surface area contributed by atoms with Gasteiger partial charge in [0.15, 0.2) is 0 Å². The monoisotopic (exact) mass is 382 g/mol. The average Bonchev–Trinajstić information content (AvgIpc) is 2.68. The van der Waals surface area contributed by atoms with E-state index >= 15 is 0 Å². The van der Waals surface area contributed by atoms with Crippen LogP contribution in [0.5, 0.6) is 5.75 Å². The lowest BCUT2D eigenvalue weighted by atomic mass is 10.0. The Hall–Kier alpha value is -3.37. The largest absolute Gasteiger partial charge is 0.497 e. The molecule has 0 bridgehead atoms. The van der Waals surface area contributed by atoms with Crippen molar-refractivity contribution in [1.82, 2.24) is 0 Å². The summed E-state index contributed by atoms with van der Waals surface area (Å²) >= 11 is 0. The Balaban J connectivity index is 1.98. The molecule has 0 saturated heterocycles.